The highest BCUT2D eigenvalue weighted by Crippen LogP contribution is 2.26. The van der Waals surface area contributed by atoms with Crippen LogP contribution in [0.4, 0.5) is 5.69 Å². The minimum absolute atomic E-state index is 0.0412. The van der Waals surface area contributed by atoms with Gasteiger partial charge in [0.2, 0.25) is 5.91 Å². The molecule has 0 atom stereocenters. The highest BCUT2D eigenvalue weighted by atomic mass is 16.3. The van der Waals surface area contributed by atoms with Gasteiger partial charge in [-0.3, -0.25) is 14.6 Å². The second kappa shape index (κ2) is 10.4. The monoisotopic (exact) mass is 494 g/mol. The molecule has 0 spiro atoms. The minimum atomic E-state index is -0.291. The second-order valence-electron chi connectivity index (χ2n) is 8.97. The van der Waals surface area contributed by atoms with Crippen LogP contribution in [0.3, 0.4) is 0 Å². The van der Waals surface area contributed by atoms with Gasteiger partial charge in [-0.25, -0.2) is 9.67 Å². The number of anilines is 1. The van der Waals surface area contributed by atoms with E-state index in [1.54, 1.807) is 47.7 Å². The predicted molar refractivity (Wildman–Crippen MR) is 140 cm³/mol. The van der Waals surface area contributed by atoms with E-state index in [0.717, 1.165) is 16.9 Å². The summed E-state index contributed by atoms with van der Waals surface area (Å²) in [6, 6.07) is 16.5. The van der Waals surface area contributed by atoms with Crippen LogP contribution in [0, 0.1) is 0 Å². The number of hydrogen-bond acceptors (Lipinski definition) is 6. The van der Waals surface area contributed by atoms with E-state index in [9.17, 15) is 9.59 Å². The largest absolute Gasteiger partial charge is 0.467 e. The number of carbonyl (C=O) groups is 2. The van der Waals surface area contributed by atoms with E-state index in [2.05, 4.69) is 20.7 Å². The van der Waals surface area contributed by atoms with Gasteiger partial charge in [0.15, 0.2) is 5.65 Å². The first kappa shape index (κ1) is 23.9. The Morgan fingerprint density at radius 1 is 1.05 bits per heavy atom. The van der Waals surface area contributed by atoms with Crippen LogP contribution < -0.4 is 10.6 Å². The van der Waals surface area contributed by atoms with Crippen molar-refractivity contribution in [2.24, 2.45) is 0 Å². The van der Waals surface area contributed by atoms with Crippen molar-refractivity contribution in [3.8, 4) is 11.3 Å². The number of benzene rings is 1. The second-order valence-corrected chi connectivity index (χ2v) is 8.97. The molecule has 0 aliphatic carbocycles. The van der Waals surface area contributed by atoms with E-state index in [1.165, 1.54) is 0 Å². The van der Waals surface area contributed by atoms with E-state index in [4.69, 9.17) is 9.40 Å². The molecule has 9 nitrogen and oxygen atoms in total. The molecular formula is C28H26N6O3. The summed E-state index contributed by atoms with van der Waals surface area (Å²) in [4.78, 5) is 34.5. The molecule has 5 rings (SSSR count). The first-order valence-corrected chi connectivity index (χ1v) is 12.0. The van der Waals surface area contributed by atoms with Crippen molar-refractivity contribution in [3.05, 3.63) is 96.3 Å². The number of pyridine rings is 2. The molecule has 2 N–H and O–H groups in total. The number of nitrogens with zero attached hydrogens (tertiary/aromatic N) is 4. The molecule has 0 aliphatic rings. The summed E-state index contributed by atoms with van der Waals surface area (Å²) in [7, 11) is 0. The quantitative estimate of drug-likeness (QED) is 0.329. The number of amides is 2. The van der Waals surface area contributed by atoms with Crippen molar-refractivity contribution in [3.63, 3.8) is 0 Å². The van der Waals surface area contributed by atoms with Gasteiger partial charge < -0.3 is 15.1 Å². The molecule has 4 aromatic heterocycles. The van der Waals surface area contributed by atoms with Gasteiger partial charge >= 0.3 is 0 Å². The third-order valence-corrected chi connectivity index (χ3v) is 5.72. The van der Waals surface area contributed by atoms with Crippen LogP contribution in [0.2, 0.25) is 0 Å². The van der Waals surface area contributed by atoms with E-state index in [0.29, 0.717) is 34.5 Å². The Morgan fingerprint density at radius 2 is 1.89 bits per heavy atom. The van der Waals surface area contributed by atoms with Crippen LogP contribution in [0.25, 0.3) is 22.3 Å². The van der Waals surface area contributed by atoms with Crippen LogP contribution in [-0.4, -0.2) is 37.6 Å². The number of aromatic nitrogens is 4. The van der Waals surface area contributed by atoms with Crippen molar-refractivity contribution in [2.45, 2.75) is 32.9 Å². The Balaban J connectivity index is 1.44. The van der Waals surface area contributed by atoms with Gasteiger partial charge in [-0.15, -0.1) is 0 Å². The van der Waals surface area contributed by atoms with Gasteiger partial charge in [0.05, 0.1) is 35.5 Å². The molecule has 0 saturated heterocycles. The highest BCUT2D eigenvalue weighted by Gasteiger charge is 2.19. The topological polar surface area (TPSA) is 115 Å². The fourth-order valence-corrected chi connectivity index (χ4v) is 4.03. The van der Waals surface area contributed by atoms with Crippen LogP contribution in [0.1, 0.15) is 35.5 Å². The van der Waals surface area contributed by atoms with Crippen LogP contribution in [-0.2, 0) is 17.8 Å². The fraction of sp³-hybridized carbons (Fsp3) is 0.179. The Labute approximate surface area is 213 Å². The standard InChI is InChI=1S/C28H26N6O3/c1-18(2)31-26(35)13-19-7-9-21(10-8-19)32-28(36)23-14-25(20-5-3-11-29-15-20)33-27-24(23)16-30-34(27)17-22-6-4-12-37-22/h3-12,14-16,18H,13,17H2,1-2H3,(H,31,35)(H,32,36). The smallest absolute Gasteiger partial charge is 0.256 e. The number of hydrogen-bond donors (Lipinski definition) is 2. The molecular weight excluding hydrogens is 468 g/mol. The highest BCUT2D eigenvalue weighted by molar-refractivity contribution is 6.12. The maximum absolute atomic E-state index is 13.4. The number of fused-ring (bicyclic) bond motifs is 1. The van der Waals surface area contributed by atoms with Crippen molar-refractivity contribution in [1.29, 1.82) is 0 Å². The fourth-order valence-electron chi connectivity index (χ4n) is 4.03. The zero-order valence-electron chi connectivity index (χ0n) is 20.5. The lowest BCUT2D eigenvalue weighted by atomic mass is 10.1. The van der Waals surface area contributed by atoms with Gasteiger partial charge in [0.1, 0.15) is 12.3 Å². The van der Waals surface area contributed by atoms with Gasteiger partial charge in [-0.05, 0) is 61.9 Å². The Kier molecular flexibility index (Phi) is 6.76. The Morgan fingerprint density at radius 3 is 2.59 bits per heavy atom. The summed E-state index contributed by atoms with van der Waals surface area (Å²) < 4.78 is 7.19. The molecule has 0 radical (unpaired) electrons. The van der Waals surface area contributed by atoms with Gasteiger partial charge in [-0.1, -0.05) is 12.1 Å². The average molecular weight is 495 g/mol. The first-order chi connectivity index (χ1) is 18.0. The van der Waals surface area contributed by atoms with Crippen molar-refractivity contribution < 1.29 is 14.0 Å². The van der Waals surface area contributed by atoms with Gasteiger partial charge in [-0.2, -0.15) is 5.10 Å². The molecule has 2 amide bonds. The lowest BCUT2D eigenvalue weighted by Crippen LogP contribution is -2.31. The maximum atomic E-state index is 13.4. The molecule has 0 unspecified atom stereocenters. The normalized spacial score (nSPS) is 11.1. The molecule has 0 saturated carbocycles. The van der Waals surface area contributed by atoms with Crippen molar-refractivity contribution in [2.75, 3.05) is 5.32 Å². The van der Waals surface area contributed by atoms with E-state index in [-0.39, 0.29) is 24.3 Å². The molecule has 5 aromatic rings. The summed E-state index contributed by atoms with van der Waals surface area (Å²) >= 11 is 0. The minimum Gasteiger partial charge on any atom is -0.467 e. The Hall–Kier alpha value is -4.79. The number of furan rings is 1. The number of carbonyl (C=O) groups excluding carboxylic acids is 2. The number of rotatable bonds is 8. The third-order valence-electron chi connectivity index (χ3n) is 5.72. The lowest BCUT2D eigenvalue weighted by molar-refractivity contribution is -0.120. The maximum Gasteiger partial charge on any atom is 0.256 e. The number of nitrogens with one attached hydrogen (secondary N) is 2. The van der Waals surface area contributed by atoms with E-state index < -0.39 is 0 Å². The molecule has 0 fully saturated rings. The Bertz CT molecular complexity index is 1520. The molecule has 0 aliphatic heterocycles. The summed E-state index contributed by atoms with van der Waals surface area (Å²) in [5.74, 6) is 0.396. The average Bonchev–Trinajstić information content (AvgIpc) is 3.55. The zero-order chi connectivity index (χ0) is 25.8. The molecule has 0 bridgehead atoms. The van der Waals surface area contributed by atoms with Gasteiger partial charge in [0, 0.05) is 29.7 Å². The first-order valence-electron chi connectivity index (χ1n) is 12.0. The summed E-state index contributed by atoms with van der Waals surface area (Å²) in [5, 5.41) is 10.9. The van der Waals surface area contributed by atoms with Crippen LogP contribution in [0.15, 0.2) is 83.9 Å². The lowest BCUT2D eigenvalue weighted by Gasteiger charge is -2.11. The van der Waals surface area contributed by atoms with E-state index >= 15 is 0 Å². The van der Waals surface area contributed by atoms with Crippen LogP contribution >= 0.6 is 0 Å². The molecule has 1 aromatic carbocycles. The third kappa shape index (κ3) is 5.56. The van der Waals surface area contributed by atoms with Gasteiger partial charge in [0.25, 0.3) is 5.91 Å². The predicted octanol–water partition coefficient (Wildman–Crippen LogP) is 4.45. The molecule has 37 heavy (non-hydrogen) atoms. The van der Waals surface area contributed by atoms with Crippen molar-refractivity contribution in [1.82, 2.24) is 25.1 Å². The van der Waals surface area contributed by atoms with E-state index in [1.807, 2.05) is 50.2 Å². The van der Waals surface area contributed by atoms with Crippen molar-refractivity contribution >= 4 is 28.5 Å². The summed E-state index contributed by atoms with van der Waals surface area (Å²) in [6.07, 6.45) is 6.92. The summed E-state index contributed by atoms with van der Waals surface area (Å²) in [6.45, 7) is 4.23. The molecule has 186 valence electrons. The molecule has 9 heteroatoms. The zero-order valence-corrected chi connectivity index (χ0v) is 20.5. The SMILES string of the molecule is CC(C)NC(=O)Cc1ccc(NC(=O)c2cc(-c3cccnc3)nc3c2cnn3Cc2ccco2)cc1. The summed E-state index contributed by atoms with van der Waals surface area (Å²) in [5.41, 5.74) is 3.88. The van der Waals surface area contributed by atoms with Crippen LogP contribution in [0.5, 0.6) is 0 Å². The molecule has 4 heterocycles.